The van der Waals surface area contributed by atoms with Crippen molar-refractivity contribution in [2.75, 3.05) is 32.6 Å². The van der Waals surface area contributed by atoms with Crippen LogP contribution in [0.15, 0.2) is 18.2 Å². The highest BCUT2D eigenvalue weighted by atomic mass is 19.4. The molecule has 0 saturated carbocycles. The summed E-state index contributed by atoms with van der Waals surface area (Å²) >= 11 is 0. The number of hydrogen-bond donors (Lipinski definition) is 2. The largest absolute Gasteiger partial charge is 0.493 e. The molecular formula is C13H17F3N2O3. The van der Waals surface area contributed by atoms with Gasteiger partial charge in [0.1, 0.15) is 0 Å². The first-order valence-electron chi connectivity index (χ1n) is 6.17. The lowest BCUT2D eigenvalue weighted by molar-refractivity contribution is -0.153. The lowest BCUT2D eigenvalue weighted by Gasteiger charge is -2.14. The smallest absolute Gasteiger partial charge is 0.422 e. The molecule has 0 bridgehead atoms. The molecule has 0 aromatic heterocycles. The lowest BCUT2D eigenvalue weighted by Crippen LogP contribution is -2.20. The summed E-state index contributed by atoms with van der Waals surface area (Å²) in [6, 6.07) is 4.25. The fourth-order valence-electron chi connectivity index (χ4n) is 1.49. The van der Waals surface area contributed by atoms with E-state index in [4.69, 9.17) is 4.74 Å². The number of alkyl halides is 3. The van der Waals surface area contributed by atoms with Gasteiger partial charge >= 0.3 is 6.18 Å². The number of anilines is 1. The van der Waals surface area contributed by atoms with Crippen molar-refractivity contribution >= 4 is 11.6 Å². The van der Waals surface area contributed by atoms with Gasteiger partial charge in [-0.2, -0.15) is 13.2 Å². The summed E-state index contributed by atoms with van der Waals surface area (Å²) in [6.07, 6.45) is -4.20. The van der Waals surface area contributed by atoms with Crippen LogP contribution in [0.4, 0.5) is 18.9 Å². The zero-order valence-corrected chi connectivity index (χ0v) is 11.7. The average molecular weight is 306 g/mol. The molecular weight excluding hydrogens is 289 g/mol. The second kappa shape index (κ2) is 7.72. The van der Waals surface area contributed by atoms with Gasteiger partial charge in [0.05, 0.1) is 7.11 Å². The number of nitrogens with one attached hydrogen (secondary N) is 2. The Morgan fingerprint density at radius 1 is 1.29 bits per heavy atom. The van der Waals surface area contributed by atoms with Crippen molar-refractivity contribution in [1.29, 1.82) is 0 Å². The van der Waals surface area contributed by atoms with Crippen molar-refractivity contribution in [2.45, 2.75) is 12.6 Å². The number of rotatable bonds is 7. The highest BCUT2D eigenvalue weighted by molar-refractivity contribution is 5.91. The van der Waals surface area contributed by atoms with Gasteiger partial charge in [0, 0.05) is 24.7 Å². The van der Waals surface area contributed by atoms with Crippen molar-refractivity contribution in [3.05, 3.63) is 18.2 Å². The zero-order chi connectivity index (χ0) is 15.9. The van der Waals surface area contributed by atoms with E-state index in [1.807, 2.05) is 0 Å². The summed E-state index contributed by atoms with van der Waals surface area (Å²) < 4.78 is 46.2. The molecule has 0 unspecified atom stereocenters. The standard InChI is InChI=1S/C13H17F3N2O3/c1-17-6-5-12(19)18-9-3-4-10(20-2)11(7-9)21-8-13(14,15)16/h3-4,7,17H,5-6,8H2,1-2H3,(H,18,19). The number of hydrogen-bond acceptors (Lipinski definition) is 4. The molecule has 0 heterocycles. The fraction of sp³-hybridized carbons (Fsp3) is 0.462. The molecule has 0 aliphatic carbocycles. The van der Waals surface area contributed by atoms with Crippen LogP contribution in [-0.4, -0.2) is 39.4 Å². The van der Waals surface area contributed by atoms with Crippen LogP contribution in [-0.2, 0) is 4.79 Å². The maximum Gasteiger partial charge on any atom is 0.422 e. The second-order valence-electron chi connectivity index (χ2n) is 4.17. The van der Waals surface area contributed by atoms with Gasteiger partial charge in [0.2, 0.25) is 5.91 Å². The Balaban J connectivity index is 2.77. The minimum absolute atomic E-state index is 0.0822. The van der Waals surface area contributed by atoms with Gasteiger partial charge in [-0.15, -0.1) is 0 Å². The third-order valence-electron chi connectivity index (χ3n) is 2.44. The van der Waals surface area contributed by atoms with Crippen LogP contribution in [0.3, 0.4) is 0 Å². The van der Waals surface area contributed by atoms with E-state index in [9.17, 15) is 18.0 Å². The van der Waals surface area contributed by atoms with E-state index in [1.54, 1.807) is 7.05 Å². The molecule has 0 spiro atoms. The van der Waals surface area contributed by atoms with Crippen molar-refractivity contribution in [2.24, 2.45) is 0 Å². The monoisotopic (exact) mass is 306 g/mol. The minimum Gasteiger partial charge on any atom is -0.493 e. The van der Waals surface area contributed by atoms with Crippen LogP contribution < -0.4 is 20.1 Å². The summed E-state index contributed by atoms with van der Waals surface area (Å²) in [5, 5.41) is 5.39. The molecule has 1 aromatic rings. The van der Waals surface area contributed by atoms with Gasteiger partial charge in [0.25, 0.3) is 0 Å². The van der Waals surface area contributed by atoms with E-state index < -0.39 is 12.8 Å². The molecule has 118 valence electrons. The van der Waals surface area contributed by atoms with E-state index >= 15 is 0 Å². The van der Waals surface area contributed by atoms with Gasteiger partial charge in [0.15, 0.2) is 18.1 Å². The van der Waals surface area contributed by atoms with Crippen LogP contribution in [0.1, 0.15) is 6.42 Å². The van der Waals surface area contributed by atoms with Crippen molar-refractivity contribution < 1.29 is 27.4 Å². The Hall–Kier alpha value is -1.96. The molecule has 2 N–H and O–H groups in total. The van der Waals surface area contributed by atoms with Crippen LogP contribution in [0.5, 0.6) is 11.5 Å². The molecule has 21 heavy (non-hydrogen) atoms. The van der Waals surface area contributed by atoms with E-state index in [1.165, 1.54) is 25.3 Å². The molecule has 0 saturated heterocycles. The van der Waals surface area contributed by atoms with Gasteiger partial charge in [-0.05, 0) is 19.2 Å². The first-order valence-corrected chi connectivity index (χ1v) is 6.17. The van der Waals surface area contributed by atoms with E-state index in [0.29, 0.717) is 12.2 Å². The Bertz CT molecular complexity index is 478. The minimum atomic E-state index is -4.45. The molecule has 1 rings (SSSR count). The van der Waals surface area contributed by atoms with Crippen LogP contribution in [0.2, 0.25) is 0 Å². The van der Waals surface area contributed by atoms with Gasteiger partial charge in [-0.25, -0.2) is 0 Å². The molecule has 1 aromatic carbocycles. The molecule has 0 aliphatic rings. The summed E-state index contributed by atoms with van der Waals surface area (Å²) in [4.78, 5) is 11.6. The molecule has 0 fully saturated rings. The zero-order valence-electron chi connectivity index (χ0n) is 11.7. The summed E-state index contributed by atoms with van der Waals surface area (Å²) in [7, 11) is 3.03. The second-order valence-corrected chi connectivity index (χ2v) is 4.17. The maximum atomic E-state index is 12.2. The van der Waals surface area contributed by atoms with E-state index in [-0.39, 0.29) is 23.8 Å². The number of halogens is 3. The molecule has 0 radical (unpaired) electrons. The van der Waals surface area contributed by atoms with Gasteiger partial charge in [-0.3, -0.25) is 4.79 Å². The number of carbonyl (C=O) groups excluding carboxylic acids is 1. The van der Waals surface area contributed by atoms with E-state index in [0.717, 1.165) is 0 Å². The molecule has 0 atom stereocenters. The molecule has 5 nitrogen and oxygen atoms in total. The van der Waals surface area contributed by atoms with Crippen LogP contribution >= 0.6 is 0 Å². The summed E-state index contributed by atoms with van der Waals surface area (Å²) in [5.41, 5.74) is 0.342. The van der Waals surface area contributed by atoms with Crippen LogP contribution in [0.25, 0.3) is 0 Å². The maximum absolute atomic E-state index is 12.2. The topological polar surface area (TPSA) is 59.6 Å². The molecule has 0 aliphatic heterocycles. The SMILES string of the molecule is CNCCC(=O)Nc1ccc(OC)c(OCC(F)(F)F)c1. The van der Waals surface area contributed by atoms with Gasteiger partial charge in [-0.1, -0.05) is 0 Å². The number of benzene rings is 1. The predicted molar refractivity (Wildman–Crippen MR) is 71.7 cm³/mol. The van der Waals surface area contributed by atoms with E-state index in [2.05, 4.69) is 15.4 Å². The Morgan fingerprint density at radius 2 is 2.00 bits per heavy atom. The first kappa shape index (κ1) is 17.1. The Kier molecular flexibility index (Phi) is 6.29. The number of carbonyl (C=O) groups is 1. The summed E-state index contributed by atoms with van der Waals surface area (Å²) in [6.45, 7) is -0.931. The normalized spacial score (nSPS) is 11.1. The molecule has 8 heteroatoms. The van der Waals surface area contributed by atoms with Crippen molar-refractivity contribution in [3.8, 4) is 11.5 Å². The number of methoxy groups -OCH3 is 1. The predicted octanol–water partition coefficient (Wildman–Crippen LogP) is 2.18. The first-order chi connectivity index (χ1) is 9.85. The van der Waals surface area contributed by atoms with Gasteiger partial charge < -0.3 is 20.1 Å². The Morgan fingerprint density at radius 3 is 2.57 bits per heavy atom. The third kappa shape index (κ3) is 6.35. The van der Waals surface area contributed by atoms with Crippen LogP contribution in [0, 0.1) is 0 Å². The third-order valence-corrected chi connectivity index (χ3v) is 2.44. The Labute approximate surface area is 120 Å². The van der Waals surface area contributed by atoms with Crippen molar-refractivity contribution in [3.63, 3.8) is 0 Å². The number of amides is 1. The van der Waals surface area contributed by atoms with Crippen molar-refractivity contribution in [1.82, 2.24) is 5.32 Å². The molecule has 1 amide bonds. The average Bonchev–Trinajstić information content (AvgIpc) is 2.42. The summed E-state index contributed by atoms with van der Waals surface area (Å²) in [5.74, 6) is -0.176. The highest BCUT2D eigenvalue weighted by Gasteiger charge is 2.29. The highest BCUT2D eigenvalue weighted by Crippen LogP contribution is 2.31. The number of ether oxygens (including phenoxy) is 2. The fourth-order valence-corrected chi connectivity index (χ4v) is 1.49. The quantitative estimate of drug-likeness (QED) is 0.810. The lowest BCUT2D eigenvalue weighted by atomic mass is 10.2.